The molecule has 0 spiro atoms. The van der Waals surface area contributed by atoms with E-state index < -0.39 is 36.7 Å². The Morgan fingerprint density at radius 1 is 1.04 bits per heavy atom. The van der Waals surface area contributed by atoms with Gasteiger partial charge in [-0.15, -0.1) is 0 Å². The molecule has 0 N–H and O–H groups in total. The van der Waals surface area contributed by atoms with E-state index in [1.807, 2.05) is 19.1 Å². The van der Waals surface area contributed by atoms with Gasteiger partial charge in [-0.1, -0.05) is 19.1 Å². The molecule has 1 rings (SSSR count). The van der Waals surface area contributed by atoms with Crippen molar-refractivity contribution >= 4 is 17.9 Å². The van der Waals surface area contributed by atoms with Crippen molar-refractivity contribution in [1.82, 2.24) is 0 Å². The van der Waals surface area contributed by atoms with Crippen LogP contribution in [0.1, 0.15) is 46.0 Å². The highest BCUT2D eigenvalue weighted by atomic mass is 16.6. The van der Waals surface area contributed by atoms with E-state index in [4.69, 9.17) is 9.47 Å². The minimum Gasteiger partial charge on any atom is -0.452 e. The number of hydrogen-bond donors (Lipinski definition) is 0. The molecule has 1 fully saturated rings. The lowest BCUT2D eigenvalue weighted by Crippen LogP contribution is -2.37. The van der Waals surface area contributed by atoms with Crippen LogP contribution in [0.3, 0.4) is 0 Å². The molecule has 1 aliphatic rings. The minimum absolute atomic E-state index is 0.183. The van der Waals surface area contributed by atoms with E-state index in [1.165, 1.54) is 6.92 Å². The monoisotopic (exact) mass is 324 g/mol. The molecule has 0 atom stereocenters. The van der Waals surface area contributed by atoms with Crippen molar-refractivity contribution < 1.29 is 28.6 Å². The summed E-state index contributed by atoms with van der Waals surface area (Å²) in [5.74, 6) is -2.09. The third-order valence-electron chi connectivity index (χ3n) is 3.51. The molecule has 0 aromatic heterocycles. The first-order chi connectivity index (χ1) is 10.9. The topological polar surface area (TPSA) is 78.9 Å². The van der Waals surface area contributed by atoms with Gasteiger partial charge in [-0.3, -0.25) is 0 Å². The van der Waals surface area contributed by atoms with Gasteiger partial charge in [-0.05, 0) is 45.6 Å². The Hall–Kier alpha value is -2.11. The highest BCUT2D eigenvalue weighted by Gasteiger charge is 2.33. The van der Waals surface area contributed by atoms with Crippen LogP contribution in [-0.2, 0) is 28.6 Å². The van der Waals surface area contributed by atoms with Crippen LogP contribution < -0.4 is 0 Å². The van der Waals surface area contributed by atoms with Crippen LogP contribution in [0, 0.1) is 0 Å². The van der Waals surface area contributed by atoms with Crippen LogP contribution in [0.25, 0.3) is 0 Å². The molecule has 0 aromatic carbocycles. The van der Waals surface area contributed by atoms with Gasteiger partial charge in [0.2, 0.25) is 0 Å². The fraction of sp³-hybridized carbons (Fsp3) is 0.588. The molecule has 1 aliphatic carbocycles. The third kappa shape index (κ3) is 6.67. The third-order valence-corrected chi connectivity index (χ3v) is 3.51. The Labute approximate surface area is 136 Å². The average Bonchev–Trinajstić information content (AvgIpc) is 2.51. The zero-order chi connectivity index (χ0) is 17.3. The summed E-state index contributed by atoms with van der Waals surface area (Å²) in [7, 11) is 0. The summed E-state index contributed by atoms with van der Waals surface area (Å²) >= 11 is 0. The molecule has 0 bridgehead atoms. The minimum atomic E-state index is -0.805. The van der Waals surface area contributed by atoms with E-state index >= 15 is 0 Å². The van der Waals surface area contributed by atoms with Crippen molar-refractivity contribution in [2.75, 3.05) is 13.2 Å². The fourth-order valence-electron chi connectivity index (χ4n) is 2.44. The van der Waals surface area contributed by atoms with Crippen molar-refractivity contribution in [2.45, 2.75) is 51.6 Å². The number of carbonyl (C=O) groups excluding carboxylic acids is 3. The fourth-order valence-corrected chi connectivity index (χ4v) is 2.44. The summed E-state index contributed by atoms with van der Waals surface area (Å²) in [6.07, 6.45) is 8.41. The highest BCUT2D eigenvalue weighted by molar-refractivity contribution is 5.88. The van der Waals surface area contributed by atoms with Crippen molar-refractivity contribution in [2.24, 2.45) is 0 Å². The Morgan fingerprint density at radius 2 is 1.65 bits per heavy atom. The predicted molar refractivity (Wildman–Crippen MR) is 83.5 cm³/mol. The standard InChI is InChI=1S/C17H24O6/c1-4-8-17(9-6-5-7-10-17)23-15(19)12-21-14(18)11-22-16(20)13(2)3/h4,8H,2,5-7,9-12H2,1,3H3/b8-4+. The van der Waals surface area contributed by atoms with E-state index in [0.717, 1.165) is 32.1 Å². The molecular formula is C17H24O6. The van der Waals surface area contributed by atoms with Gasteiger partial charge in [0, 0.05) is 5.57 Å². The van der Waals surface area contributed by atoms with Crippen molar-refractivity contribution in [3.63, 3.8) is 0 Å². The van der Waals surface area contributed by atoms with E-state index in [1.54, 1.807) is 0 Å². The second-order valence-corrected chi connectivity index (χ2v) is 5.62. The Balaban J connectivity index is 2.39. The largest absolute Gasteiger partial charge is 0.452 e. The molecule has 23 heavy (non-hydrogen) atoms. The second-order valence-electron chi connectivity index (χ2n) is 5.62. The number of hydrogen-bond acceptors (Lipinski definition) is 6. The number of rotatable bonds is 7. The molecule has 0 aliphatic heterocycles. The maximum absolute atomic E-state index is 11.9. The lowest BCUT2D eigenvalue weighted by molar-refractivity contribution is -0.171. The molecule has 0 aromatic rings. The lowest BCUT2D eigenvalue weighted by Gasteiger charge is -2.34. The van der Waals surface area contributed by atoms with Gasteiger partial charge >= 0.3 is 17.9 Å². The van der Waals surface area contributed by atoms with Crippen molar-refractivity contribution in [3.8, 4) is 0 Å². The van der Waals surface area contributed by atoms with E-state index in [-0.39, 0.29) is 5.57 Å². The van der Waals surface area contributed by atoms with Gasteiger partial charge in [0.05, 0.1) is 0 Å². The summed E-state index contributed by atoms with van der Waals surface area (Å²) < 4.78 is 14.9. The van der Waals surface area contributed by atoms with Crippen LogP contribution in [0.5, 0.6) is 0 Å². The van der Waals surface area contributed by atoms with E-state index in [9.17, 15) is 14.4 Å². The van der Waals surface area contributed by atoms with Crippen LogP contribution in [0.2, 0.25) is 0 Å². The highest BCUT2D eigenvalue weighted by Crippen LogP contribution is 2.33. The van der Waals surface area contributed by atoms with Crippen molar-refractivity contribution in [3.05, 3.63) is 24.3 Å². The van der Waals surface area contributed by atoms with Gasteiger partial charge in [0.1, 0.15) is 5.60 Å². The zero-order valence-corrected chi connectivity index (χ0v) is 13.8. The molecule has 0 saturated heterocycles. The van der Waals surface area contributed by atoms with E-state index in [0.29, 0.717) is 0 Å². The summed E-state index contributed by atoms with van der Waals surface area (Å²) in [5, 5.41) is 0. The second kappa shape index (κ2) is 9.12. The van der Waals surface area contributed by atoms with Gasteiger partial charge in [0.25, 0.3) is 0 Å². The summed E-state index contributed by atoms with van der Waals surface area (Å²) in [5.41, 5.74) is -0.411. The molecule has 1 saturated carbocycles. The average molecular weight is 324 g/mol. The van der Waals surface area contributed by atoms with E-state index in [2.05, 4.69) is 11.3 Å². The maximum atomic E-state index is 11.9. The van der Waals surface area contributed by atoms with Crippen LogP contribution in [0.4, 0.5) is 0 Å². The lowest BCUT2D eigenvalue weighted by atomic mass is 9.84. The van der Waals surface area contributed by atoms with Gasteiger partial charge in [-0.2, -0.15) is 0 Å². The molecule has 6 heteroatoms. The molecular weight excluding hydrogens is 300 g/mol. The summed E-state index contributed by atoms with van der Waals surface area (Å²) in [4.78, 5) is 34.4. The van der Waals surface area contributed by atoms with Crippen LogP contribution in [-0.4, -0.2) is 36.7 Å². The first kappa shape index (κ1) is 18.9. The normalized spacial score (nSPS) is 16.6. The number of ether oxygens (including phenoxy) is 3. The first-order valence-corrected chi connectivity index (χ1v) is 7.72. The summed E-state index contributed by atoms with van der Waals surface area (Å²) in [6, 6.07) is 0. The molecule has 0 unspecified atom stereocenters. The zero-order valence-electron chi connectivity index (χ0n) is 13.8. The first-order valence-electron chi connectivity index (χ1n) is 7.72. The Bertz CT molecular complexity index is 485. The molecule has 128 valence electrons. The Kier molecular flexibility index (Phi) is 7.51. The van der Waals surface area contributed by atoms with Crippen LogP contribution in [0.15, 0.2) is 24.3 Å². The quantitative estimate of drug-likeness (QED) is 0.310. The molecule has 0 amide bonds. The summed E-state index contributed by atoms with van der Waals surface area (Å²) in [6.45, 7) is 5.68. The predicted octanol–water partition coefficient (Wildman–Crippen LogP) is 2.47. The SMILES string of the molecule is C=C(C)C(=O)OCC(=O)OCC(=O)OC1(/C=C/C)CCCCC1. The molecule has 0 radical (unpaired) electrons. The molecule has 6 nitrogen and oxygen atoms in total. The number of esters is 3. The Morgan fingerprint density at radius 3 is 2.22 bits per heavy atom. The van der Waals surface area contributed by atoms with Crippen LogP contribution >= 0.6 is 0 Å². The van der Waals surface area contributed by atoms with Crippen molar-refractivity contribution in [1.29, 1.82) is 0 Å². The molecule has 0 heterocycles. The smallest absolute Gasteiger partial charge is 0.345 e. The van der Waals surface area contributed by atoms with Gasteiger partial charge in [-0.25, -0.2) is 14.4 Å². The van der Waals surface area contributed by atoms with Gasteiger partial charge in [0.15, 0.2) is 13.2 Å². The van der Waals surface area contributed by atoms with Gasteiger partial charge < -0.3 is 14.2 Å². The number of carbonyl (C=O) groups is 3. The maximum Gasteiger partial charge on any atom is 0.345 e. The number of allylic oxidation sites excluding steroid dienone is 1.